The maximum atomic E-state index is 2.40. The lowest BCUT2D eigenvalue weighted by Crippen LogP contribution is -1.92. The van der Waals surface area contributed by atoms with Gasteiger partial charge in [-0.1, -0.05) is 437 Å². The number of benzene rings is 26. The lowest BCUT2D eigenvalue weighted by atomic mass is 9.84. The normalized spacial score (nSPS) is 11.5. The maximum Gasteiger partial charge on any atom is 0.0355 e. The van der Waals surface area contributed by atoms with E-state index in [1.165, 1.54) is 288 Å². The molecule has 0 radical (unpaired) electrons. The minimum absolute atomic E-state index is 1.26. The van der Waals surface area contributed by atoms with Crippen LogP contribution in [0.5, 0.6) is 0 Å². The van der Waals surface area contributed by atoms with Crippen LogP contribution < -0.4 is 0 Å². The third-order valence-corrected chi connectivity index (χ3v) is 29.7. The minimum atomic E-state index is 1.26. The average molecular weight is 1760 g/mol. The van der Waals surface area contributed by atoms with Crippen LogP contribution >= 0.6 is 11.3 Å². The molecule has 1 heterocycles. The number of fused-ring (bicyclic) bond motifs is 11. The van der Waals surface area contributed by atoms with Gasteiger partial charge < -0.3 is 0 Å². The van der Waals surface area contributed by atoms with E-state index in [1.54, 1.807) is 0 Å². The molecule has 0 saturated carbocycles. The molecule has 1 aromatic heterocycles. The van der Waals surface area contributed by atoms with Gasteiger partial charge in [-0.05, 0) is 338 Å². The van der Waals surface area contributed by atoms with E-state index in [4.69, 9.17) is 0 Å². The fraction of sp³-hybridized carbons (Fsp3) is 0.0815. The van der Waals surface area contributed by atoms with Gasteiger partial charge in [0.25, 0.3) is 0 Å². The van der Waals surface area contributed by atoms with Crippen molar-refractivity contribution in [2.45, 2.75) is 76.2 Å². The maximum absolute atomic E-state index is 2.40. The molecular weight excluding hydrogens is 1650 g/mol. The zero-order valence-corrected chi connectivity index (χ0v) is 79.7. The van der Waals surface area contributed by atoms with Gasteiger partial charge in [0.2, 0.25) is 0 Å². The van der Waals surface area contributed by atoms with Gasteiger partial charge in [-0.3, -0.25) is 0 Å². The van der Waals surface area contributed by atoms with Crippen LogP contribution in [-0.4, -0.2) is 0 Å². The van der Waals surface area contributed by atoms with Crippen molar-refractivity contribution in [3.05, 3.63) is 481 Å². The Morgan fingerprint density at radius 3 is 0.875 bits per heavy atom. The summed E-state index contributed by atoms with van der Waals surface area (Å²) in [5, 5.41) is 40.2. The van der Waals surface area contributed by atoms with Gasteiger partial charge in [-0.15, -0.1) is 11.3 Å². The van der Waals surface area contributed by atoms with E-state index in [2.05, 4.69) is 493 Å². The highest BCUT2D eigenvalue weighted by Gasteiger charge is 2.23. The molecule has 136 heavy (non-hydrogen) atoms. The van der Waals surface area contributed by atoms with Gasteiger partial charge in [-0.25, -0.2) is 0 Å². The molecule has 0 spiro atoms. The van der Waals surface area contributed by atoms with Gasteiger partial charge in [-0.2, -0.15) is 0 Å². The molecular formula is C135H104S. The Morgan fingerprint density at radius 2 is 0.434 bits per heavy atom. The van der Waals surface area contributed by atoms with Crippen LogP contribution in [0, 0.1) is 62.3 Å². The Labute approximate surface area is 800 Å². The van der Waals surface area contributed by atoms with E-state index in [-0.39, 0.29) is 0 Å². The zero-order chi connectivity index (χ0) is 92.5. The van der Waals surface area contributed by atoms with Gasteiger partial charge in [0.15, 0.2) is 0 Å². The van der Waals surface area contributed by atoms with E-state index < -0.39 is 0 Å². The molecule has 27 aromatic rings. The Kier molecular flexibility index (Phi) is 22.6. The fourth-order valence-corrected chi connectivity index (χ4v) is 23.0. The van der Waals surface area contributed by atoms with Crippen LogP contribution in [0.3, 0.4) is 0 Å². The summed E-state index contributed by atoms with van der Waals surface area (Å²) >= 11 is 1.88. The molecule has 0 aliphatic carbocycles. The van der Waals surface area contributed by atoms with E-state index in [0.29, 0.717) is 0 Å². The number of rotatable bonds is 6. The van der Waals surface area contributed by atoms with Crippen molar-refractivity contribution in [3.8, 4) is 66.8 Å². The molecule has 0 fully saturated rings. The van der Waals surface area contributed by atoms with Crippen molar-refractivity contribution < 1.29 is 0 Å². The highest BCUT2D eigenvalue weighted by atomic mass is 32.1. The molecule has 0 aliphatic rings. The third-order valence-electron chi connectivity index (χ3n) is 28.6. The summed E-state index contributed by atoms with van der Waals surface area (Å²) in [7, 11) is 0. The first kappa shape index (κ1) is 85.6. The standard InChI is InChI=1S/C31H22.C28H20S.C26H20.2C24H18.C2H6/c1-21-19-20-29(24-14-6-5-13-23(21)24)31-27-17-9-7-15-25(27)30(22-11-3-2-4-12-22)26-16-8-10-18-28(26)31;1-17-11-13-26-24(15-17)25-16-19(12-14-27(25)29-26)28-22-9-5-3-7-20(22)18(2)21-8-4-6-10-23(21)28;1-17-15-16-25(22-12-6-3-9-19(17)22)26-23-13-7-4-10-20(23)18(2)21-11-5-8-14-24(21)26;1-15-3-6-17(7-4-15)21-13-10-19-9-12-20-16(2)5-8-18-11-14-22(21)24(19)23(18)20;1-15-4-3-5-19(14-15)21-12-9-18-8-11-20-16(2)6-7-17-10-13-22(21)24(18)23(17)20;1-2/h2-20H,1H3;3-16H,1-2H3;3-16H,1-2H3;2*3-14H,1-2H3;1-2H3. The smallest absolute Gasteiger partial charge is 0.0355 e. The van der Waals surface area contributed by atoms with E-state index in [1.807, 2.05) is 25.2 Å². The molecule has 650 valence electrons. The molecule has 0 nitrogen and oxygen atoms in total. The number of hydrogen-bond acceptors (Lipinski definition) is 1. The minimum Gasteiger partial charge on any atom is -0.135 e. The molecule has 26 aromatic carbocycles. The van der Waals surface area contributed by atoms with E-state index >= 15 is 0 Å². The van der Waals surface area contributed by atoms with Crippen LogP contribution in [0.4, 0.5) is 0 Å². The van der Waals surface area contributed by atoms with Crippen molar-refractivity contribution in [2.24, 2.45) is 0 Å². The van der Waals surface area contributed by atoms with Crippen LogP contribution in [0.15, 0.2) is 431 Å². The van der Waals surface area contributed by atoms with Crippen molar-refractivity contribution in [2.75, 3.05) is 0 Å². The summed E-state index contributed by atoms with van der Waals surface area (Å²) in [6.45, 7) is 23.7. The quantitative estimate of drug-likeness (QED) is 0.115. The SMILES string of the molecule is CC.Cc1ccc(-c2c3ccccc3c(-c3ccccc3)c3ccccc23)c2ccccc12.Cc1ccc(-c2c3ccccc3c(C)c3ccccc23)c2ccccc12.Cc1ccc(-c2ccc3ccc4c(C)ccc5ccc2c3c54)cc1.Cc1ccc2sc3ccc(-c4c5ccccc5c(C)c5ccccc45)cc3c2c1.Cc1cccc(-c2ccc3ccc4c(C)ccc5ccc2c3c54)c1. The monoisotopic (exact) mass is 1760 g/mol. The van der Waals surface area contributed by atoms with Crippen LogP contribution in [0.1, 0.15) is 63.9 Å². The van der Waals surface area contributed by atoms with Gasteiger partial charge >= 0.3 is 0 Å². The summed E-state index contributed by atoms with van der Waals surface area (Å²) in [5.74, 6) is 0. The molecule has 0 bridgehead atoms. The lowest BCUT2D eigenvalue weighted by molar-refractivity contribution is 1.47. The Morgan fingerprint density at radius 1 is 0.147 bits per heavy atom. The van der Waals surface area contributed by atoms with Gasteiger partial charge in [0.05, 0.1) is 0 Å². The van der Waals surface area contributed by atoms with E-state index in [9.17, 15) is 0 Å². The van der Waals surface area contributed by atoms with Crippen molar-refractivity contribution in [3.63, 3.8) is 0 Å². The number of thiophene rings is 1. The zero-order valence-electron chi connectivity index (χ0n) is 78.9. The first-order chi connectivity index (χ1) is 66.7. The molecule has 0 aliphatic heterocycles. The van der Waals surface area contributed by atoms with Crippen LogP contribution in [0.25, 0.3) is 238 Å². The van der Waals surface area contributed by atoms with Crippen molar-refractivity contribution >= 4 is 182 Å². The topological polar surface area (TPSA) is 0 Å². The first-order valence-electron chi connectivity index (χ1n) is 47.9. The Balaban J connectivity index is 0.0000000984. The van der Waals surface area contributed by atoms with Crippen molar-refractivity contribution in [1.82, 2.24) is 0 Å². The highest BCUT2D eigenvalue weighted by molar-refractivity contribution is 7.25. The summed E-state index contributed by atoms with van der Waals surface area (Å²) in [5.41, 5.74) is 27.7. The van der Waals surface area contributed by atoms with Gasteiger partial charge in [0, 0.05) is 20.2 Å². The number of aryl methyl sites for hydroxylation is 9. The van der Waals surface area contributed by atoms with Crippen molar-refractivity contribution in [1.29, 1.82) is 0 Å². The average Bonchev–Trinajstić information content (AvgIpc) is 0.912. The Bertz CT molecular complexity index is 9170. The molecule has 0 amide bonds. The predicted molar refractivity (Wildman–Crippen MR) is 599 cm³/mol. The molecule has 1 heteroatoms. The number of hydrogen-bond donors (Lipinski definition) is 0. The second kappa shape index (κ2) is 35.9. The second-order valence-corrected chi connectivity index (χ2v) is 37.8. The molecule has 27 rings (SSSR count). The molecule has 0 N–H and O–H groups in total. The fourth-order valence-electron chi connectivity index (χ4n) is 22.0. The highest BCUT2D eigenvalue weighted by Crippen LogP contribution is 2.50. The largest absolute Gasteiger partial charge is 0.135 e. The summed E-state index contributed by atoms with van der Waals surface area (Å²) in [6.07, 6.45) is 0. The van der Waals surface area contributed by atoms with E-state index in [0.717, 1.165) is 0 Å². The summed E-state index contributed by atoms with van der Waals surface area (Å²) in [6, 6.07) is 158. The molecule has 0 saturated heterocycles. The van der Waals surface area contributed by atoms with Crippen LogP contribution in [0.2, 0.25) is 0 Å². The lowest BCUT2D eigenvalue weighted by Gasteiger charge is -2.19. The van der Waals surface area contributed by atoms with Gasteiger partial charge in [0.1, 0.15) is 0 Å². The molecule has 0 atom stereocenters. The third kappa shape index (κ3) is 15.0. The van der Waals surface area contributed by atoms with Crippen LogP contribution in [-0.2, 0) is 0 Å². The Hall–Kier alpha value is -15.9. The predicted octanol–water partition coefficient (Wildman–Crippen LogP) is 39.6. The summed E-state index contributed by atoms with van der Waals surface area (Å²) < 4.78 is 2.72. The summed E-state index contributed by atoms with van der Waals surface area (Å²) in [4.78, 5) is 0. The second-order valence-electron chi connectivity index (χ2n) is 36.7. The first-order valence-corrected chi connectivity index (χ1v) is 48.7. The molecule has 0 unspecified atom stereocenters.